The van der Waals surface area contributed by atoms with Crippen LogP contribution in [0.4, 0.5) is 4.79 Å². The van der Waals surface area contributed by atoms with Crippen LogP contribution >= 0.6 is 0 Å². The third-order valence-electron chi connectivity index (χ3n) is 6.03. The molecule has 8 nitrogen and oxygen atoms in total. The van der Waals surface area contributed by atoms with Gasteiger partial charge in [-0.15, -0.1) is 0 Å². The van der Waals surface area contributed by atoms with E-state index in [2.05, 4.69) is 10.6 Å². The maximum Gasteiger partial charge on any atom is 0.407 e. The zero-order valence-electron chi connectivity index (χ0n) is 18.9. The van der Waals surface area contributed by atoms with E-state index in [1.54, 1.807) is 30.3 Å². The van der Waals surface area contributed by atoms with Gasteiger partial charge in [0.1, 0.15) is 12.6 Å². The minimum atomic E-state index is -1.37. The maximum atomic E-state index is 12.8. The number of fused-ring (bicyclic) bond motifs is 3. The standard InChI is InChI=1S/C27H26N2O6/c30-15-24(17-8-2-1-3-9-17)28-26(33)23(14-25(31)32)29-27(34)35-16-22-20-12-6-4-10-18(20)19-11-5-7-13-21(19)22/h1-13,22-24,30H,14-16H2,(H,28,33)(H,29,34)(H,31,32)/t23?,24-/m0/s1. The van der Waals surface area contributed by atoms with E-state index in [9.17, 15) is 24.6 Å². The van der Waals surface area contributed by atoms with Crippen molar-refractivity contribution in [1.82, 2.24) is 10.6 Å². The first-order valence-corrected chi connectivity index (χ1v) is 11.3. The van der Waals surface area contributed by atoms with E-state index in [0.29, 0.717) is 5.56 Å². The molecule has 0 heterocycles. The van der Waals surface area contributed by atoms with Crippen LogP contribution in [0.15, 0.2) is 78.9 Å². The first-order chi connectivity index (χ1) is 17.0. The van der Waals surface area contributed by atoms with Gasteiger partial charge in [-0.3, -0.25) is 9.59 Å². The van der Waals surface area contributed by atoms with Crippen LogP contribution in [-0.2, 0) is 14.3 Å². The number of nitrogens with one attached hydrogen (secondary N) is 2. The smallest absolute Gasteiger partial charge is 0.407 e. The molecule has 180 valence electrons. The first kappa shape index (κ1) is 24.0. The third kappa shape index (κ3) is 5.50. The van der Waals surface area contributed by atoms with Gasteiger partial charge in [-0.2, -0.15) is 0 Å². The molecule has 0 aliphatic heterocycles. The Hall–Kier alpha value is -4.17. The lowest BCUT2D eigenvalue weighted by Crippen LogP contribution is -2.49. The Labute approximate surface area is 202 Å². The monoisotopic (exact) mass is 474 g/mol. The molecule has 0 saturated heterocycles. The van der Waals surface area contributed by atoms with Crippen LogP contribution in [-0.4, -0.2) is 47.4 Å². The van der Waals surface area contributed by atoms with Gasteiger partial charge in [0.05, 0.1) is 19.1 Å². The SMILES string of the molecule is O=C(O)CC(NC(=O)OCC1c2ccccc2-c2ccccc21)C(=O)N[C@@H](CO)c1ccccc1. The predicted molar refractivity (Wildman–Crippen MR) is 129 cm³/mol. The fourth-order valence-electron chi connectivity index (χ4n) is 4.36. The molecule has 1 aliphatic carbocycles. The average molecular weight is 475 g/mol. The Morgan fingerprint density at radius 1 is 0.829 bits per heavy atom. The van der Waals surface area contributed by atoms with Crippen molar-refractivity contribution >= 4 is 18.0 Å². The molecule has 2 atom stereocenters. The van der Waals surface area contributed by atoms with Crippen LogP contribution < -0.4 is 10.6 Å². The van der Waals surface area contributed by atoms with Crippen molar-refractivity contribution in [2.45, 2.75) is 24.4 Å². The highest BCUT2D eigenvalue weighted by atomic mass is 16.5. The summed E-state index contributed by atoms with van der Waals surface area (Å²) in [5.41, 5.74) is 4.89. The van der Waals surface area contributed by atoms with E-state index in [1.807, 2.05) is 48.5 Å². The highest BCUT2D eigenvalue weighted by molar-refractivity contribution is 5.89. The Morgan fingerprint density at radius 3 is 1.97 bits per heavy atom. The van der Waals surface area contributed by atoms with E-state index in [1.165, 1.54) is 0 Å². The Morgan fingerprint density at radius 2 is 1.40 bits per heavy atom. The summed E-state index contributed by atoms with van der Waals surface area (Å²) in [6.07, 6.45) is -1.53. The number of rotatable bonds is 9. The average Bonchev–Trinajstić information content (AvgIpc) is 3.19. The number of carbonyl (C=O) groups is 3. The van der Waals surface area contributed by atoms with E-state index in [-0.39, 0.29) is 19.1 Å². The fourth-order valence-corrected chi connectivity index (χ4v) is 4.36. The highest BCUT2D eigenvalue weighted by Gasteiger charge is 2.30. The van der Waals surface area contributed by atoms with E-state index in [4.69, 9.17) is 4.74 Å². The summed E-state index contributed by atoms with van der Waals surface area (Å²) >= 11 is 0. The molecule has 0 spiro atoms. The van der Waals surface area contributed by atoms with Gasteiger partial charge in [0.15, 0.2) is 0 Å². The van der Waals surface area contributed by atoms with Crippen molar-refractivity contribution in [2.75, 3.05) is 13.2 Å². The summed E-state index contributed by atoms with van der Waals surface area (Å²) in [5, 5.41) is 23.9. The van der Waals surface area contributed by atoms with Crippen molar-refractivity contribution < 1.29 is 29.3 Å². The van der Waals surface area contributed by atoms with E-state index in [0.717, 1.165) is 22.3 Å². The van der Waals surface area contributed by atoms with Gasteiger partial charge in [-0.25, -0.2) is 4.79 Å². The van der Waals surface area contributed by atoms with Crippen LogP contribution in [0.5, 0.6) is 0 Å². The van der Waals surface area contributed by atoms with Gasteiger partial charge in [-0.1, -0.05) is 78.9 Å². The molecule has 4 N–H and O–H groups in total. The summed E-state index contributed by atoms with van der Waals surface area (Å²) in [6, 6.07) is 22.4. The van der Waals surface area contributed by atoms with E-state index >= 15 is 0 Å². The van der Waals surface area contributed by atoms with Gasteiger partial charge < -0.3 is 25.6 Å². The number of carboxylic acid groups (broad SMARTS) is 1. The van der Waals surface area contributed by atoms with Crippen molar-refractivity contribution in [3.63, 3.8) is 0 Å². The molecule has 0 fully saturated rings. The molecular formula is C27H26N2O6. The summed E-state index contributed by atoms with van der Waals surface area (Å²) < 4.78 is 5.45. The topological polar surface area (TPSA) is 125 Å². The van der Waals surface area contributed by atoms with Gasteiger partial charge >= 0.3 is 12.1 Å². The molecule has 3 aromatic rings. The second kappa shape index (κ2) is 10.8. The molecule has 0 radical (unpaired) electrons. The molecule has 2 amide bonds. The van der Waals surface area contributed by atoms with Crippen molar-refractivity contribution in [3.05, 3.63) is 95.6 Å². The zero-order valence-corrected chi connectivity index (χ0v) is 18.9. The number of benzene rings is 3. The number of carboxylic acids is 1. The van der Waals surface area contributed by atoms with Gasteiger partial charge in [0.2, 0.25) is 5.91 Å². The minimum Gasteiger partial charge on any atom is -0.481 e. The molecule has 0 aromatic heterocycles. The lowest BCUT2D eigenvalue weighted by Gasteiger charge is -2.22. The Bertz CT molecular complexity index is 1170. The number of hydrogen-bond acceptors (Lipinski definition) is 5. The molecule has 0 saturated carbocycles. The van der Waals surface area contributed by atoms with Crippen LogP contribution in [0.25, 0.3) is 11.1 Å². The number of ether oxygens (including phenoxy) is 1. The summed E-state index contributed by atoms with van der Waals surface area (Å²) in [4.78, 5) is 36.7. The van der Waals surface area contributed by atoms with Crippen molar-refractivity contribution in [2.24, 2.45) is 0 Å². The largest absolute Gasteiger partial charge is 0.481 e. The third-order valence-corrected chi connectivity index (χ3v) is 6.03. The molecular weight excluding hydrogens is 448 g/mol. The Balaban J connectivity index is 1.42. The normalized spacial score (nSPS) is 13.7. The minimum absolute atomic E-state index is 0.0323. The molecule has 3 aromatic carbocycles. The Kier molecular flexibility index (Phi) is 7.42. The molecule has 8 heteroatoms. The van der Waals surface area contributed by atoms with E-state index < -0.39 is 36.5 Å². The predicted octanol–water partition coefficient (Wildman–Crippen LogP) is 3.22. The van der Waals surface area contributed by atoms with Crippen LogP contribution in [0.3, 0.4) is 0 Å². The number of amides is 2. The summed E-state index contributed by atoms with van der Waals surface area (Å²) in [6.45, 7) is -0.356. The number of aliphatic hydroxyl groups is 1. The van der Waals surface area contributed by atoms with Gasteiger partial charge in [0.25, 0.3) is 0 Å². The quantitative estimate of drug-likeness (QED) is 0.377. The van der Waals surface area contributed by atoms with Gasteiger partial charge in [-0.05, 0) is 27.8 Å². The van der Waals surface area contributed by atoms with Crippen molar-refractivity contribution in [1.29, 1.82) is 0 Å². The summed E-state index contributed by atoms with van der Waals surface area (Å²) in [7, 11) is 0. The molecule has 1 unspecified atom stereocenters. The molecule has 1 aliphatic rings. The second-order valence-electron chi connectivity index (χ2n) is 8.27. The maximum absolute atomic E-state index is 12.8. The second-order valence-corrected chi connectivity index (χ2v) is 8.27. The van der Waals surface area contributed by atoms with Crippen LogP contribution in [0, 0.1) is 0 Å². The number of carbonyl (C=O) groups excluding carboxylic acids is 2. The lowest BCUT2D eigenvalue weighted by atomic mass is 9.98. The van der Waals surface area contributed by atoms with Crippen LogP contribution in [0.2, 0.25) is 0 Å². The highest BCUT2D eigenvalue weighted by Crippen LogP contribution is 2.44. The number of hydrogen-bond donors (Lipinski definition) is 4. The van der Waals surface area contributed by atoms with Crippen LogP contribution in [0.1, 0.15) is 35.1 Å². The summed E-state index contributed by atoms with van der Waals surface area (Å²) in [5.74, 6) is -2.16. The zero-order chi connectivity index (χ0) is 24.8. The molecule has 35 heavy (non-hydrogen) atoms. The number of alkyl carbamates (subject to hydrolysis) is 1. The molecule has 0 bridgehead atoms. The van der Waals surface area contributed by atoms with Crippen molar-refractivity contribution in [3.8, 4) is 11.1 Å². The fraction of sp³-hybridized carbons (Fsp3) is 0.222. The van der Waals surface area contributed by atoms with Gasteiger partial charge in [0, 0.05) is 5.92 Å². The number of aliphatic hydroxyl groups excluding tert-OH is 1. The lowest BCUT2D eigenvalue weighted by molar-refractivity contribution is -0.140. The molecule has 4 rings (SSSR count). The number of aliphatic carboxylic acids is 1. The first-order valence-electron chi connectivity index (χ1n) is 11.3.